The minimum Gasteiger partial charge on any atom is -0.489 e. The number of halogens is 1. The first-order valence-corrected chi connectivity index (χ1v) is 7.00. The van der Waals surface area contributed by atoms with Gasteiger partial charge in [0, 0.05) is 0 Å². The van der Waals surface area contributed by atoms with Crippen molar-refractivity contribution in [3.05, 3.63) is 34.4 Å². The number of ether oxygens (including phenoxy) is 1. The van der Waals surface area contributed by atoms with E-state index in [2.05, 4.69) is 10.6 Å². The summed E-state index contributed by atoms with van der Waals surface area (Å²) in [5, 5.41) is 5.14. The van der Waals surface area contributed by atoms with Crippen LogP contribution in [0, 0.1) is 0 Å². The van der Waals surface area contributed by atoms with E-state index in [1.807, 2.05) is 13.8 Å². The lowest BCUT2D eigenvalue weighted by molar-refractivity contribution is -0.123. The topological polar surface area (TPSA) is 67.4 Å². The molecule has 0 bridgehead atoms. The molecule has 0 spiro atoms. The molecule has 2 N–H and O–H groups in total. The van der Waals surface area contributed by atoms with Gasteiger partial charge in [-0.1, -0.05) is 17.7 Å². The van der Waals surface area contributed by atoms with Crippen molar-refractivity contribution >= 4 is 46.8 Å². The highest BCUT2D eigenvalue weighted by atomic mass is 35.5. The molecular weight excluding hydrogens is 312 g/mol. The van der Waals surface area contributed by atoms with Crippen molar-refractivity contribution < 1.29 is 14.3 Å². The Morgan fingerprint density at radius 3 is 2.38 bits per heavy atom. The van der Waals surface area contributed by atoms with E-state index in [1.54, 1.807) is 18.2 Å². The van der Waals surface area contributed by atoms with E-state index in [9.17, 15) is 9.59 Å². The van der Waals surface area contributed by atoms with E-state index in [-0.39, 0.29) is 16.8 Å². The van der Waals surface area contributed by atoms with Crippen molar-refractivity contribution in [1.82, 2.24) is 10.6 Å². The number of amides is 2. The molecule has 1 aliphatic rings. The van der Waals surface area contributed by atoms with Crippen LogP contribution in [0.3, 0.4) is 0 Å². The molecule has 1 aliphatic heterocycles. The Bertz CT molecular complexity index is 634. The number of hydrogen-bond donors (Lipinski definition) is 2. The zero-order chi connectivity index (χ0) is 15.6. The average Bonchev–Trinajstić information content (AvgIpc) is 2.36. The van der Waals surface area contributed by atoms with E-state index < -0.39 is 11.8 Å². The highest BCUT2D eigenvalue weighted by molar-refractivity contribution is 7.80. The molecule has 1 aromatic rings. The Balaban J connectivity index is 2.28. The van der Waals surface area contributed by atoms with E-state index in [0.29, 0.717) is 16.3 Å². The third-order valence-corrected chi connectivity index (χ3v) is 3.07. The van der Waals surface area contributed by atoms with Crippen LogP contribution in [0.1, 0.15) is 19.4 Å². The van der Waals surface area contributed by atoms with Crippen molar-refractivity contribution in [2.75, 3.05) is 0 Å². The summed E-state index contributed by atoms with van der Waals surface area (Å²) < 4.78 is 5.52. The lowest BCUT2D eigenvalue weighted by Crippen LogP contribution is -2.51. The number of benzene rings is 1. The predicted molar refractivity (Wildman–Crippen MR) is 84.1 cm³/mol. The van der Waals surface area contributed by atoms with Gasteiger partial charge in [0.15, 0.2) is 5.11 Å². The number of rotatable bonds is 3. The molecule has 1 aromatic carbocycles. The van der Waals surface area contributed by atoms with Crippen LogP contribution in [0.15, 0.2) is 23.8 Å². The van der Waals surface area contributed by atoms with Crippen LogP contribution >= 0.6 is 23.8 Å². The molecule has 0 unspecified atom stereocenters. The van der Waals surface area contributed by atoms with Gasteiger partial charge in [0.1, 0.15) is 11.3 Å². The minimum atomic E-state index is -0.539. The van der Waals surface area contributed by atoms with Gasteiger partial charge in [0.25, 0.3) is 11.8 Å². The van der Waals surface area contributed by atoms with Gasteiger partial charge in [0.2, 0.25) is 0 Å². The number of thiocarbonyl (C=S) groups is 1. The Labute approximate surface area is 132 Å². The molecule has 5 nitrogen and oxygen atoms in total. The van der Waals surface area contributed by atoms with E-state index in [0.717, 1.165) is 0 Å². The molecule has 2 rings (SSSR count). The first-order chi connectivity index (χ1) is 9.86. The molecule has 110 valence electrons. The van der Waals surface area contributed by atoms with Crippen LogP contribution in [0.5, 0.6) is 5.75 Å². The van der Waals surface area contributed by atoms with E-state index in [1.165, 1.54) is 6.08 Å². The summed E-state index contributed by atoms with van der Waals surface area (Å²) >= 11 is 10.8. The molecular formula is C14H13ClN2O3S. The molecule has 0 radical (unpaired) electrons. The summed E-state index contributed by atoms with van der Waals surface area (Å²) in [5.41, 5.74) is 0.585. The molecule has 1 heterocycles. The summed E-state index contributed by atoms with van der Waals surface area (Å²) in [6.45, 7) is 3.79. The molecule has 2 amide bonds. The third-order valence-electron chi connectivity index (χ3n) is 2.57. The number of carbonyl (C=O) groups excluding carboxylic acids is 2. The van der Waals surface area contributed by atoms with Crippen LogP contribution in [-0.2, 0) is 9.59 Å². The molecule has 7 heteroatoms. The van der Waals surface area contributed by atoms with Gasteiger partial charge < -0.3 is 4.74 Å². The second-order valence-corrected chi connectivity index (χ2v) is 5.47. The quantitative estimate of drug-likeness (QED) is 0.507. The highest BCUT2D eigenvalue weighted by Crippen LogP contribution is 2.27. The monoisotopic (exact) mass is 324 g/mol. The molecule has 1 saturated heterocycles. The van der Waals surface area contributed by atoms with Crippen LogP contribution in [0.2, 0.25) is 5.02 Å². The average molecular weight is 325 g/mol. The van der Waals surface area contributed by atoms with Crippen molar-refractivity contribution in [2.24, 2.45) is 0 Å². The van der Waals surface area contributed by atoms with Crippen molar-refractivity contribution in [3.8, 4) is 5.75 Å². The van der Waals surface area contributed by atoms with Crippen LogP contribution in [-0.4, -0.2) is 23.0 Å². The minimum absolute atomic E-state index is 0.000800. The Morgan fingerprint density at radius 1 is 1.24 bits per heavy atom. The number of hydrogen-bond acceptors (Lipinski definition) is 4. The smallest absolute Gasteiger partial charge is 0.263 e. The van der Waals surface area contributed by atoms with Gasteiger partial charge in [-0.25, -0.2) is 0 Å². The van der Waals surface area contributed by atoms with Crippen molar-refractivity contribution in [2.45, 2.75) is 20.0 Å². The fourth-order valence-electron chi connectivity index (χ4n) is 1.73. The lowest BCUT2D eigenvalue weighted by Gasteiger charge is -2.16. The summed E-state index contributed by atoms with van der Waals surface area (Å²) in [7, 11) is 0. The van der Waals surface area contributed by atoms with Gasteiger partial charge in [-0.3, -0.25) is 20.2 Å². The Morgan fingerprint density at radius 2 is 1.86 bits per heavy atom. The summed E-state index contributed by atoms with van der Waals surface area (Å²) in [4.78, 5) is 23.5. The lowest BCUT2D eigenvalue weighted by atomic mass is 10.1. The van der Waals surface area contributed by atoms with Gasteiger partial charge in [-0.05, 0) is 49.8 Å². The largest absolute Gasteiger partial charge is 0.489 e. The van der Waals surface area contributed by atoms with Crippen LogP contribution in [0.4, 0.5) is 0 Å². The maximum Gasteiger partial charge on any atom is 0.263 e. The zero-order valence-electron chi connectivity index (χ0n) is 11.4. The van der Waals surface area contributed by atoms with Crippen molar-refractivity contribution in [1.29, 1.82) is 0 Å². The molecule has 0 aliphatic carbocycles. The third kappa shape index (κ3) is 3.80. The van der Waals surface area contributed by atoms with Gasteiger partial charge in [-0.2, -0.15) is 0 Å². The Hall–Kier alpha value is -1.92. The summed E-state index contributed by atoms with van der Waals surface area (Å²) in [6, 6.07) is 5.03. The molecule has 21 heavy (non-hydrogen) atoms. The van der Waals surface area contributed by atoms with Gasteiger partial charge in [-0.15, -0.1) is 0 Å². The Kier molecular flexibility index (Phi) is 4.59. The van der Waals surface area contributed by atoms with E-state index in [4.69, 9.17) is 28.6 Å². The molecule has 0 saturated carbocycles. The van der Waals surface area contributed by atoms with Gasteiger partial charge in [0.05, 0.1) is 11.1 Å². The normalized spacial score (nSPS) is 14.9. The highest BCUT2D eigenvalue weighted by Gasteiger charge is 2.25. The first-order valence-electron chi connectivity index (χ1n) is 6.21. The molecule has 0 aromatic heterocycles. The fourth-order valence-corrected chi connectivity index (χ4v) is 2.15. The van der Waals surface area contributed by atoms with Crippen molar-refractivity contribution in [3.63, 3.8) is 0 Å². The number of carbonyl (C=O) groups is 2. The van der Waals surface area contributed by atoms with Gasteiger partial charge >= 0.3 is 0 Å². The standard InChI is InChI=1S/C14H13ClN2O3S/c1-7(2)20-11-4-3-8(6-10(11)15)5-9-12(18)16-14(21)17-13(9)19/h3-7H,1-2H3,(H2,16,17,18,19,21). The summed E-state index contributed by atoms with van der Waals surface area (Å²) in [5.74, 6) is -0.530. The van der Waals surface area contributed by atoms with E-state index >= 15 is 0 Å². The summed E-state index contributed by atoms with van der Waals surface area (Å²) in [6.07, 6.45) is 1.44. The first kappa shape index (κ1) is 15.5. The molecule has 0 atom stereocenters. The maximum absolute atomic E-state index is 11.7. The SMILES string of the molecule is CC(C)Oc1ccc(C=C2C(=O)NC(=S)NC2=O)cc1Cl. The zero-order valence-corrected chi connectivity index (χ0v) is 13.0. The second-order valence-electron chi connectivity index (χ2n) is 4.65. The fraction of sp³-hybridized carbons (Fsp3) is 0.214. The van der Waals surface area contributed by atoms with Crippen LogP contribution in [0.25, 0.3) is 6.08 Å². The number of nitrogens with one attached hydrogen (secondary N) is 2. The predicted octanol–water partition coefficient (Wildman–Crippen LogP) is 2.04. The maximum atomic E-state index is 11.7. The van der Waals surface area contributed by atoms with Crippen LogP contribution < -0.4 is 15.4 Å². The molecule has 1 fully saturated rings. The second kappa shape index (κ2) is 6.24.